The lowest BCUT2D eigenvalue weighted by molar-refractivity contribution is -0.115. The Labute approximate surface area is 219 Å². The fourth-order valence-corrected chi connectivity index (χ4v) is 4.00. The van der Waals surface area contributed by atoms with E-state index in [4.69, 9.17) is 23.2 Å². The zero-order chi connectivity index (χ0) is 20.7. The SMILES string of the molecule is Cl.Cl.Cl.O=C1NC(N2CCN(c3ccc(Cl)c(Cl)c3)CC2)=N/C1=C\c1c[nH]c2ncccc12. The van der Waals surface area contributed by atoms with Gasteiger partial charge in [0.2, 0.25) is 5.96 Å². The minimum Gasteiger partial charge on any atom is -0.368 e. The van der Waals surface area contributed by atoms with Crippen molar-refractivity contribution >= 4 is 95.1 Å². The van der Waals surface area contributed by atoms with E-state index in [1.807, 2.05) is 36.5 Å². The highest BCUT2D eigenvalue weighted by Gasteiger charge is 2.27. The Morgan fingerprint density at radius 1 is 0.970 bits per heavy atom. The number of hydrogen-bond acceptors (Lipinski definition) is 5. The number of carbonyl (C=O) groups excluding carboxylic acids is 1. The largest absolute Gasteiger partial charge is 0.368 e. The van der Waals surface area contributed by atoms with Gasteiger partial charge in [0, 0.05) is 55.2 Å². The number of aromatic nitrogens is 2. The van der Waals surface area contributed by atoms with Crippen LogP contribution < -0.4 is 10.2 Å². The number of halogens is 5. The van der Waals surface area contributed by atoms with Gasteiger partial charge in [0.25, 0.3) is 5.91 Å². The van der Waals surface area contributed by atoms with Gasteiger partial charge in [-0.15, -0.1) is 37.2 Å². The van der Waals surface area contributed by atoms with Crippen molar-refractivity contribution in [1.82, 2.24) is 20.2 Å². The summed E-state index contributed by atoms with van der Waals surface area (Å²) in [5.74, 6) is 0.396. The number of piperazine rings is 1. The molecule has 0 atom stereocenters. The number of H-pyrrole nitrogens is 1. The fourth-order valence-electron chi connectivity index (χ4n) is 3.71. The molecule has 0 saturated carbocycles. The average Bonchev–Trinajstić information content (AvgIpc) is 3.34. The third-order valence-electron chi connectivity index (χ3n) is 5.31. The monoisotopic (exact) mass is 548 g/mol. The van der Waals surface area contributed by atoms with Gasteiger partial charge in [0.15, 0.2) is 0 Å². The van der Waals surface area contributed by atoms with E-state index in [1.165, 1.54) is 0 Å². The highest BCUT2D eigenvalue weighted by molar-refractivity contribution is 6.42. The Balaban J connectivity index is 0.00000128. The maximum atomic E-state index is 12.5. The number of rotatable bonds is 2. The quantitative estimate of drug-likeness (QED) is 0.450. The maximum absolute atomic E-state index is 12.5. The summed E-state index contributed by atoms with van der Waals surface area (Å²) >= 11 is 12.2. The summed E-state index contributed by atoms with van der Waals surface area (Å²) < 4.78 is 0. The number of amides is 1. The van der Waals surface area contributed by atoms with E-state index < -0.39 is 0 Å². The first-order valence-electron chi connectivity index (χ1n) is 9.57. The van der Waals surface area contributed by atoms with Gasteiger partial charge in [-0.25, -0.2) is 9.98 Å². The summed E-state index contributed by atoms with van der Waals surface area (Å²) in [4.78, 5) is 28.7. The van der Waals surface area contributed by atoms with E-state index in [0.717, 1.165) is 48.5 Å². The summed E-state index contributed by atoms with van der Waals surface area (Å²) in [7, 11) is 0. The first kappa shape index (κ1) is 27.1. The maximum Gasteiger partial charge on any atom is 0.276 e. The zero-order valence-electron chi connectivity index (χ0n) is 17.1. The molecule has 0 aliphatic carbocycles. The molecule has 1 saturated heterocycles. The van der Waals surface area contributed by atoms with E-state index in [0.29, 0.717) is 21.7 Å². The van der Waals surface area contributed by atoms with Gasteiger partial charge < -0.3 is 14.8 Å². The van der Waals surface area contributed by atoms with Crippen LogP contribution in [-0.4, -0.2) is 52.9 Å². The molecule has 2 aromatic heterocycles. The molecule has 7 nitrogen and oxygen atoms in total. The highest BCUT2D eigenvalue weighted by Crippen LogP contribution is 2.28. The summed E-state index contributed by atoms with van der Waals surface area (Å²) in [6, 6.07) is 9.49. The Morgan fingerprint density at radius 2 is 1.70 bits per heavy atom. The second-order valence-electron chi connectivity index (χ2n) is 7.14. The number of guanidine groups is 1. The number of aliphatic imine (C=N–C) groups is 1. The molecule has 4 heterocycles. The molecule has 1 fully saturated rings. The Hall–Kier alpha value is -2.16. The Kier molecular flexibility index (Phi) is 9.29. The van der Waals surface area contributed by atoms with Gasteiger partial charge in [-0.2, -0.15) is 0 Å². The number of carbonyl (C=O) groups is 1. The summed E-state index contributed by atoms with van der Waals surface area (Å²) in [6.07, 6.45) is 5.35. The molecule has 176 valence electrons. The lowest BCUT2D eigenvalue weighted by Gasteiger charge is -2.36. The van der Waals surface area contributed by atoms with Gasteiger partial charge in [-0.05, 0) is 36.4 Å². The average molecular weight is 551 g/mol. The zero-order valence-corrected chi connectivity index (χ0v) is 21.1. The van der Waals surface area contributed by atoms with Crippen LogP contribution in [0, 0.1) is 0 Å². The number of pyridine rings is 1. The summed E-state index contributed by atoms with van der Waals surface area (Å²) in [5.41, 5.74) is 3.10. The number of hydrogen-bond donors (Lipinski definition) is 2. The van der Waals surface area contributed by atoms with E-state index in [1.54, 1.807) is 12.3 Å². The third-order valence-corrected chi connectivity index (χ3v) is 6.05. The van der Waals surface area contributed by atoms with Gasteiger partial charge in [0.1, 0.15) is 11.3 Å². The second-order valence-corrected chi connectivity index (χ2v) is 7.95. The van der Waals surface area contributed by atoms with Crippen LogP contribution >= 0.6 is 60.4 Å². The van der Waals surface area contributed by atoms with Crippen LogP contribution in [0.15, 0.2) is 53.4 Å². The lowest BCUT2D eigenvalue weighted by atomic mass is 10.2. The number of nitrogens with zero attached hydrogens (tertiary/aromatic N) is 4. The van der Waals surface area contributed by atoms with Gasteiger partial charge >= 0.3 is 0 Å². The van der Waals surface area contributed by atoms with Crippen molar-refractivity contribution in [3.8, 4) is 0 Å². The van der Waals surface area contributed by atoms with Gasteiger partial charge in [0.05, 0.1) is 10.0 Å². The van der Waals surface area contributed by atoms with Crippen molar-refractivity contribution in [1.29, 1.82) is 0 Å². The van der Waals surface area contributed by atoms with Crippen LogP contribution in [0.4, 0.5) is 5.69 Å². The molecule has 33 heavy (non-hydrogen) atoms. The lowest BCUT2D eigenvalue weighted by Crippen LogP contribution is -2.52. The van der Waals surface area contributed by atoms with Crippen LogP contribution in [-0.2, 0) is 4.79 Å². The van der Waals surface area contributed by atoms with Crippen LogP contribution in [0.25, 0.3) is 17.1 Å². The predicted octanol–water partition coefficient (Wildman–Crippen LogP) is 4.78. The van der Waals surface area contributed by atoms with E-state index in [-0.39, 0.29) is 43.1 Å². The van der Waals surface area contributed by atoms with Crippen LogP contribution in [0.2, 0.25) is 10.0 Å². The van der Waals surface area contributed by atoms with E-state index in [2.05, 4.69) is 30.1 Å². The second kappa shape index (κ2) is 11.3. The molecular formula is C21H21Cl5N6O. The van der Waals surface area contributed by atoms with Crippen molar-refractivity contribution in [2.45, 2.75) is 0 Å². The first-order valence-corrected chi connectivity index (χ1v) is 10.3. The van der Waals surface area contributed by atoms with Crippen molar-refractivity contribution in [2.24, 2.45) is 4.99 Å². The van der Waals surface area contributed by atoms with Crippen LogP contribution in [0.3, 0.4) is 0 Å². The van der Waals surface area contributed by atoms with Crippen LogP contribution in [0.1, 0.15) is 5.56 Å². The molecule has 0 unspecified atom stereocenters. The normalized spacial score (nSPS) is 16.6. The molecule has 1 amide bonds. The fraction of sp³-hybridized carbons (Fsp3) is 0.190. The van der Waals surface area contributed by atoms with Crippen molar-refractivity contribution in [2.75, 3.05) is 31.1 Å². The van der Waals surface area contributed by atoms with E-state index in [9.17, 15) is 4.79 Å². The molecule has 0 bridgehead atoms. The molecule has 5 rings (SSSR count). The Morgan fingerprint density at radius 3 is 2.42 bits per heavy atom. The number of nitrogens with one attached hydrogen (secondary N) is 2. The standard InChI is InChI=1S/C21H18Cl2N6O.3ClH/c22-16-4-3-14(11-17(16)23)28-6-8-29(9-7-28)21-26-18(20(30)27-21)10-13-12-25-19-15(13)2-1-5-24-19;;;/h1-5,10-12H,6-9H2,(H,24,25)(H,26,27,30);3*1H/b18-10-;;;. The molecule has 12 heteroatoms. The molecule has 0 spiro atoms. The van der Waals surface area contributed by atoms with Crippen molar-refractivity contribution in [3.05, 3.63) is 64.0 Å². The predicted molar refractivity (Wildman–Crippen MR) is 142 cm³/mol. The highest BCUT2D eigenvalue weighted by atomic mass is 35.5. The van der Waals surface area contributed by atoms with Gasteiger partial charge in [-0.1, -0.05) is 23.2 Å². The summed E-state index contributed by atoms with van der Waals surface area (Å²) in [5, 5.41) is 4.94. The topological polar surface area (TPSA) is 76.6 Å². The number of aromatic amines is 1. The Bertz CT molecular complexity index is 1200. The van der Waals surface area contributed by atoms with E-state index >= 15 is 0 Å². The molecular weight excluding hydrogens is 530 g/mol. The minimum atomic E-state index is -0.199. The van der Waals surface area contributed by atoms with Gasteiger partial charge in [-0.3, -0.25) is 10.1 Å². The molecule has 2 aliphatic rings. The summed E-state index contributed by atoms with van der Waals surface area (Å²) in [6.45, 7) is 3.06. The molecule has 1 aromatic carbocycles. The molecule has 2 N–H and O–H groups in total. The van der Waals surface area contributed by atoms with Crippen molar-refractivity contribution < 1.29 is 4.79 Å². The first-order chi connectivity index (χ1) is 14.6. The number of benzene rings is 1. The van der Waals surface area contributed by atoms with Crippen LogP contribution in [0.5, 0.6) is 0 Å². The molecule has 0 radical (unpaired) electrons. The third kappa shape index (κ3) is 5.50. The molecule has 2 aliphatic heterocycles. The smallest absolute Gasteiger partial charge is 0.276 e. The molecule has 3 aromatic rings. The number of anilines is 1. The van der Waals surface area contributed by atoms with Crippen molar-refractivity contribution in [3.63, 3.8) is 0 Å². The minimum absolute atomic E-state index is 0. The number of fused-ring (bicyclic) bond motifs is 1.